The van der Waals surface area contributed by atoms with Gasteiger partial charge in [-0.3, -0.25) is 9.69 Å². The lowest BCUT2D eigenvalue weighted by Crippen LogP contribution is -2.60. The van der Waals surface area contributed by atoms with Crippen LogP contribution in [-0.2, 0) is 17.8 Å². The van der Waals surface area contributed by atoms with Gasteiger partial charge in [-0.25, -0.2) is 0 Å². The van der Waals surface area contributed by atoms with E-state index in [2.05, 4.69) is 23.1 Å². The molecule has 1 heterocycles. The van der Waals surface area contributed by atoms with Crippen LogP contribution in [0.25, 0.3) is 0 Å². The minimum atomic E-state index is -1.34. The van der Waals surface area contributed by atoms with Crippen molar-refractivity contribution in [1.82, 2.24) is 4.90 Å². The van der Waals surface area contributed by atoms with Crippen LogP contribution in [0.2, 0.25) is 6.32 Å². The number of aliphatic carboxylic acids is 1. The molecule has 26 heavy (non-hydrogen) atoms. The second-order valence-corrected chi connectivity index (χ2v) is 8.00. The van der Waals surface area contributed by atoms with Gasteiger partial charge in [-0.1, -0.05) is 30.7 Å². The molecule has 0 spiro atoms. The van der Waals surface area contributed by atoms with Crippen LogP contribution in [-0.4, -0.2) is 51.8 Å². The van der Waals surface area contributed by atoms with Gasteiger partial charge in [0, 0.05) is 25.6 Å². The summed E-state index contributed by atoms with van der Waals surface area (Å²) in [7, 11) is -1.34. The number of fused-ring (bicyclic) bond motifs is 1. The number of carboxylic acids is 1. The summed E-state index contributed by atoms with van der Waals surface area (Å²) < 4.78 is 0. The van der Waals surface area contributed by atoms with E-state index in [1.807, 2.05) is 6.07 Å². The van der Waals surface area contributed by atoms with Crippen LogP contribution in [0.3, 0.4) is 0 Å². The molecule has 0 saturated heterocycles. The Hall–Kier alpha value is -1.41. The summed E-state index contributed by atoms with van der Waals surface area (Å²) in [6.07, 6.45) is 3.94. The molecule has 0 bridgehead atoms. The summed E-state index contributed by atoms with van der Waals surface area (Å²) >= 11 is 0. The molecule has 2 aliphatic rings. The van der Waals surface area contributed by atoms with Gasteiger partial charge in [-0.15, -0.1) is 0 Å². The average molecular weight is 360 g/mol. The Morgan fingerprint density at radius 2 is 2.00 bits per heavy atom. The molecule has 5 N–H and O–H groups in total. The normalized spacial score (nSPS) is 29.2. The zero-order valence-corrected chi connectivity index (χ0v) is 15.2. The lowest BCUT2D eigenvalue weighted by molar-refractivity contribution is -0.148. The number of nitrogens with two attached hydrogens (primary N) is 1. The Kier molecular flexibility index (Phi) is 6.02. The van der Waals surface area contributed by atoms with Gasteiger partial charge >= 0.3 is 13.1 Å². The highest BCUT2D eigenvalue weighted by Crippen LogP contribution is 2.39. The van der Waals surface area contributed by atoms with Crippen LogP contribution >= 0.6 is 0 Å². The summed E-state index contributed by atoms with van der Waals surface area (Å²) in [5.74, 6) is -0.883. The van der Waals surface area contributed by atoms with E-state index in [-0.39, 0.29) is 18.2 Å². The maximum atomic E-state index is 12.0. The monoisotopic (exact) mass is 360 g/mol. The fourth-order valence-corrected chi connectivity index (χ4v) is 4.61. The highest BCUT2D eigenvalue weighted by molar-refractivity contribution is 6.40. The maximum absolute atomic E-state index is 12.0. The molecule has 3 atom stereocenters. The molecule has 1 aromatic rings. The summed E-state index contributed by atoms with van der Waals surface area (Å²) in [5, 5.41) is 28.0. The molecule has 1 aromatic carbocycles. The molecule has 3 rings (SSSR count). The van der Waals surface area contributed by atoms with Gasteiger partial charge in [0.15, 0.2) is 0 Å². The predicted octanol–water partition coefficient (Wildman–Crippen LogP) is 1.11. The molecule has 1 unspecified atom stereocenters. The number of rotatable bonds is 6. The van der Waals surface area contributed by atoms with E-state index >= 15 is 0 Å². The van der Waals surface area contributed by atoms with Crippen LogP contribution in [0.1, 0.15) is 36.8 Å². The Balaban J connectivity index is 1.65. The largest absolute Gasteiger partial charge is 0.480 e. The summed E-state index contributed by atoms with van der Waals surface area (Å²) in [4.78, 5) is 14.3. The second kappa shape index (κ2) is 8.09. The molecule has 1 fully saturated rings. The van der Waals surface area contributed by atoms with Gasteiger partial charge in [0.05, 0.1) is 0 Å². The van der Waals surface area contributed by atoms with Crippen molar-refractivity contribution in [3.8, 4) is 0 Å². The molecular weight excluding hydrogens is 331 g/mol. The van der Waals surface area contributed by atoms with Crippen LogP contribution in [0.5, 0.6) is 0 Å². The number of benzene rings is 1. The lowest BCUT2D eigenvalue weighted by Gasteiger charge is -2.44. The fraction of sp³-hybridized carbons (Fsp3) is 0.632. The van der Waals surface area contributed by atoms with Gasteiger partial charge in [-0.05, 0) is 49.0 Å². The Morgan fingerprint density at radius 1 is 1.27 bits per heavy atom. The molecule has 142 valence electrons. The smallest absolute Gasteiger partial charge is 0.451 e. The van der Waals surface area contributed by atoms with Gasteiger partial charge < -0.3 is 20.9 Å². The Labute approximate surface area is 155 Å². The Morgan fingerprint density at radius 3 is 2.69 bits per heavy atom. The first kappa shape index (κ1) is 19.4. The lowest BCUT2D eigenvalue weighted by atomic mass is 9.66. The topological polar surface area (TPSA) is 107 Å². The minimum absolute atomic E-state index is 0.0828. The SMILES string of the molecule is N[C@]1(C(=O)O)C[C@H](CCB(O)O)CCC1CN1CCc2ccccc2C1. The molecule has 1 aliphatic carbocycles. The first-order valence-electron chi connectivity index (χ1n) is 9.56. The van der Waals surface area contributed by atoms with Crippen LogP contribution in [0, 0.1) is 11.8 Å². The quantitative estimate of drug-likeness (QED) is 0.566. The van der Waals surface area contributed by atoms with Crippen molar-refractivity contribution < 1.29 is 19.9 Å². The second-order valence-electron chi connectivity index (χ2n) is 8.00. The minimum Gasteiger partial charge on any atom is -0.480 e. The van der Waals surface area contributed by atoms with Crippen molar-refractivity contribution in [2.24, 2.45) is 17.6 Å². The predicted molar refractivity (Wildman–Crippen MR) is 100 cm³/mol. The number of carbonyl (C=O) groups is 1. The summed E-state index contributed by atoms with van der Waals surface area (Å²) in [6.45, 7) is 2.48. The third-order valence-electron chi connectivity index (χ3n) is 6.20. The van der Waals surface area contributed by atoms with Gasteiger partial charge in [-0.2, -0.15) is 0 Å². The molecule has 7 heteroatoms. The average Bonchev–Trinajstić information content (AvgIpc) is 2.62. The highest BCUT2D eigenvalue weighted by Gasteiger charge is 2.47. The van der Waals surface area contributed by atoms with Crippen molar-refractivity contribution in [2.75, 3.05) is 13.1 Å². The molecule has 0 radical (unpaired) electrons. The Bertz CT molecular complexity index is 642. The van der Waals surface area contributed by atoms with Crippen molar-refractivity contribution in [3.05, 3.63) is 35.4 Å². The van der Waals surface area contributed by atoms with E-state index in [1.54, 1.807) is 0 Å². The molecule has 1 aliphatic heterocycles. The summed E-state index contributed by atoms with van der Waals surface area (Å²) in [6, 6.07) is 8.42. The third-order valence-corrected chi connectivity index (χ3v) is 6.20. The van der Waals surface area contributed by atoms with Gasteiger partial charge in [0.1, 0.15) is 5.54 Å². The van der Waals surface area contributed by atoms with E-state index in [1.165, 1.54) is 11.1 Å². The van der Waals surface area contributed by atoms with Crippen LogP contribution in [0.4, 0.5) is 0 Å². The fourth-order valence-electron chi connectivity index (χ4n) is 4.61. The van der Waals surface area contributed by atoms with E-state index < -0.39 is 18.6 Å². The molecule has 0 amide bonds. The molecule has 6 nitrogen and oxygen atoms in total. The van der Waals surface area contributed by atoms with E-state index in [0.717, 1.165) is 32.4 Å². The first-order chi connectivity index (χ1) is 12.4. The van der Waals surface area contributed by atoms with Crippen LogP contribution in [0.15, 0.2) is 24.3 Å². The first-order valence-corrected chi connectivity index (χ1v) is 9.56. The van der Waals surface area contributed by atoms with Crippen molar-refractivity contribution in [2.45, 2.75) is 50.5 Å². The standard InChI is InChI=1S/C19H29BN2O4/c21-19(18(23)24)11-14(7-9-20(25)26)5-6-17(19)13-22-10-8-15-3-1-2-4-16(15)12-22/h1-4,14,17,25-26H,5-13,21H2,(H,23,24)/t14-,17?,19+/m0/s1. The third kappa shape index (κ3) is 4.28. The number of hydrogen-bond donors (Lipinski definition) is 4. The molecular formula is C19H29BN2O4. The summed E-state index contributed by atoms with van der Waals surface area (Å²) in [5.41, 5.74) is 7.87. The molecule has 0 aromatic heterocycles. The maximum Gasteiger partial charge on any atom is 0.451 e. The van der Waals surface area contributed by atoms with E-state index in [4.69, 9.17) is 15.8 Å². The van der Waals surface area contributed by atoms with Gasteiger partial charge in [0.25, 0.3) is 0 Å². The number of nitrogens with zero attached hydrogens (tertiary/aromatic N) is 1. The van der Waals surface area contributed by atoms with E-state index in [9.17, 15) is 9.90 Å². The van der Waals surface area contributed by atoms with Crippen molar-refractivity contribution >= 4 is 13.1 Å². The zero-order valence-electron chi connectivity index (χ0n) is 15.2. The molecule has 1 saturated carbocycles. The van der Waals surface area contributed by atoms with Crippen molar-refractivity contribution in [3.63, 3.8) is 0 Å². The van der Waals surface area contributed by atoms with Gasteiger partial charge in [0.2, 0.25) is 0 Å². The number of hydrogen-bond acceptors (Lipinski definition) is 5. The van der Waals surface area contributed by atoms with Crippen molar-refractivity contribution in [1.29, 1.82) is 0 Å². The zero-order chi connectivity index (χ0) is 18.7. The van der Waals surface area contributed by atoms with E-state index in [0.29, 0.717) is 19.4 Å². The number of carboxylic acid groups (broad SMARTS) is 1. The highest BCUT2D eigenvalue weighted by atomic mass is 16.4. The van der Waals surface area contributed by atoms with Crippen LogP contribution < -0.4 is 5.73 Å².